The molecule has 1 amide bonds. The third kappa shape index (κ3) is 1.84. The van der Waals surface area contributed by atoms with E-state index >= 15 is 0 Å². The molecule has 108 valence electrons. The number of hydrogen-bond acceptors (Lipinski definition) is 1. The summed E-state index contributed by atoms with van der Waals surface area (Å²) >= 11 is 0. The van der Waals surface area contributed by atoms with Crippen molar-refractivity contribution in [3.63, 3.8) is 0 Å². The molecule has 0 saturated carbocycles. The highest BCUT2D eigenvalue weighted by molar-refractivity contribution is 6.09. The van der Waals surface area contributed by atoms with E-state index < -0.39 is 0 Å². The standard InChI is InChI=1S/C20H17NO/c1-2-21-20(22)18-12-14-8-4-6-10-16(14)19-15-9-5-3-7-13(15)11-17(18)19/h3-10,12H,2,11H2,1H3,(H,21,22). The van der Waals surface area contributed by atoms with Gasteiger partial charge >= 0.3 is 0 Å². The average Bonchev–Trinajstić information content (AvgIpc) is 2.94. The molecule has 0 spiro atoms. The second-order valence-corrected chi connectivity index (χ2v) is 5.69. The fraction of sp³-hybridized carbons (Fsp3) is 0.150. The summed E-state index contributed by atoms with van der Waals surface area (Å²) in [5.41, 5.74) is 5.77. The largest absolute Gasteiger partial charge is 0.352 e. The van der Waals surface area contributed by atoms with E-state index in [0.29, 0.717) is 6.54 Å². The molecule has 22 heavy (non-hydrogen) atoms. The van der Waals surface area contributed by atoms with Gasteiger partial charge in [-0.2, -0.15) is 0 Å². The third-order valence-electron chi connectivity index (χ3n) is 4.39. The van der Waals surface area contributed by atoms with Gasteiger partial charge in [-0.05, 0) is 52.4 Å². The van der Waals surface area contributed by atoms with Crippen LogP contribution in [0, 0.1) is 0 Å². The number of benzene rings is 3. The molecule has 1 N–H and O–H groups in total. The fourth-order valence-electron chi connectivity index (χ4n) is 3.45. The van der Waals surface area contributed by atoms with Crippen LogP contribution in [0.4, 0.5) is 0 Å². The summed E-state index contributed by atoms with van der Waals surface area (Å²) in [6, 6.07) is 18.8. The molecule has 4 rings (SSSR count). The predicted octanol–water partition coefficient (Wildman–Crippen LogP) is 4.16. The summed E-state index contributed by atoms with van der Waals surface area (Å²) in [6.07, 6.45) is 0.836. The maximum absolute atomic E-state index is 12.5. The number of rotatable bonds is 2. The first-order valence-corrected chi connectivity index (χ1v) is 7.70. The number of carbonyl (C=O) groups excluding carboxylic acids is 1. The Morgan fingerprint density at radius 3 is 2.73 bits per heavy atom. The van der Waals surface area contributed by atoms with Crippen molar-refractivity contribution in [1.29, 1.82) is 0 Å². The van der Waals surface area contributed by atoms with E-state index in [-0.39, 0.29) is 5.91 Å². The molecule has 0 saturated heterocycles. The summed E-state index contributed by atoms with van der Waals surface area (Å²) in [6.45, 7) is 2.60. The van der Waals surface area contributed by atoms with Crippen LogP contribution in [-0.4, -0.2) is 12.5 Å². The first kappa shape index (κ1) is 13.1. The molecule has 0 unspecified atom stereocenters. The summed E-state index contributed by atoms with van der Waals surface area (Å²) in [4.78, 5) is 12.5. The Labute approximate surface area is 129 Å². The van der Waals surface area contributed by atoms with Crippen LogP contribution in [0.15, 0.2) is 54.6 Å². The smallest absolute Gasteiger partial charge is 0.251 e. The van der Waals surface area contributed by atoms with Crippen LogP contribution < -0.4 is 5.32 Å². The van der Waals surface area contributed by atoms with Crippen molar-refractivity contribution >= 4 is 16.7 Å². The molecule has 3 aromatic rings. The maximum atomic E-state index is 12.5. The molecular formula is C20H17NO. The molecule has 1 aliphatic rings. The van der Waals surface area contributed by atoms with Gasteiger partial charge in [0.25, 0.3) is 5.91 Å². The predicted molar refractivity (Wildman–Crippen MR) is 90.2 cm³/mol. The minimum absolute atomic E-state index is 0.0253. The lowest BCUT2D eigenvalue weighted by Gasteiger charge is -2.12. The molecule has 0 heterocycles. The van der Waals surface area contributed by atoms with Crippen molar-refractivity contribution < 1.29 is 4.79 Å². The zero-order valence-electron chi connectivity index (χ0n) is 12.5. The number of nitrogens with one attached hydrogen (secondary N) is 1. The van der Waals surface area contributed by atoms with Crippen LogP contribution in [0.1, 0.15) is 28.4 Å². The van der Waals surface area contributed by atoms with Crippen LogP contribution in [0.25, 0.3) is 21.9 Å². The second kappa shape index (κ2) is 4.99. The summed E-state index contributed by atoms with van der Waals surface area (Å²) in [5.74, 6) is 0.0253. The first-order chi connectivity index (χ1) is 10.8. The number of carbonyl (C=O) groups is 1. The second-order valence-electron chi connectivity index (χ2n) is 5.69. The molecule has 2 nitrogen and oxygen atoms in total. The molecule has 1 aliphatic carbocycles. The van der Waals surface area contributed by atoms with E-state index in [2.05, 4.69) is 47.8 Å². The van der Waals surface area contributed by atoms with Crippen molar-refractivity contribution in [3.8, 4) is 11.1 Å². The van der Waals surface area contributed by atoms with Gasteiger partial charge in [-0.25, -0.2) is 0 Å². The van der Waals surface area contributed by atoms with Crippen LogP contribution in [-0.2, 0) is 6.42 Å². The fourth-order valence-corrected chi connectivity index (χ4v) is 3.45. The van der Waals surface area contributed by atoms with Crippen molar-refractivity contribution in [2.45, 2.75) is 13.3 Å². The van der Waals surface area contributed by atoms with Crippen molar-refractivity contribution in [2.24, 2.45) is 0 Å². The Kier molecular flexibility index (Phi) is 2.97. The topological polar surface area (TPSA) is 29.1 Å². The van der Waals surface area contributed by atoms with E-state index in [1.807, 2.05) is 19.1 Å². The molecule has 0 bridgehead atoms. The minimum atomic E-state index is 0.0253. The van der Waals surface area contributed by atoms with Gasteiger partial charge in [0.2, 0.25) is 0 Å². The van der Waals surface area contributed by atoms with Gasteiger partial charge in [0.05, 0.1) is 0 Å². The minimum Gasteiger partial charge on any atom is -0.352 e. The molecule has 2 heteroatoms. The molecule has 0 atom stereocenters. The Bertz CT molecular complexity index is 895. The summed E-state index contributed by atoms with van der Waals surface area (Å²) in [7, 11) is 0. The van der Waals surface area contributed by atoms with Crippen LogP contribution in [0.2, 0.25) is 0 Å². The van der Waals surface area contributed by atoms with Crippen LogP contribution >= 0.6 is 0 Å². The zero-order valence-corrected chi connectivity index (χ0v) is 12.5. The zero-order chi connectivity index (χ0) is 15.1. The lowest BCUT2D eigenvalue weighted by Crippen LogP contribution is -2.23. The van der Waals surface area contributed by atoms with Crippen molar-refractivity contribution in [2.75, 3.05) is 6.54 Å². The van der Waals surface area contributed by atoms with Gasteiger partial charge in [-0.1, -0.05) is 48.5 Å². The Morgan fingerprint density at radius 1 is 1.09 bits per heavy atom. The third-order valence-corrected chi connectivity index (χ3v) is 4.39. The van der Waals surface area contributed by atoms with Crippen LogP contribution in [0.3, 0.4) is 0 Å². The number of amides is 1. The Morgan fingerprint density at radius 2 is 1.86 bits per heavy atom. The van der Waals surface area contributed by atoms with Gasteiger partial charge < -0.3 is 5.32 Å². The van der Waals surface area contributed by atoms with Gasteiger partial charge in [-0.3, -0.25) is 4.79 Å². The van der Waals surface area contributed by atoms with Gasteiger partial charge in [0, 0.05) is 12.1 Å². The van der Waals surface area contributed by atoms with E-state index in [1.165, 1.54) is 22.1 Å². The molecule has 0 radical (unpaired) electrons. The quantitative estimate of drug-likeness (QED) is 0.589. The van der Waals surface area contributed by atoms with Crippen molar-refractivity contribution in [1.82, 2.24) is 5.32 Å². The Balaban J connectivity index is 2.06. The lowest BCUT2D eigenvalue weighted by atomic mass is 9.93. The maximum Gasteiger partial charge on any atom is 0.251 e. The Hall–Kier alpha value is -2.61. The lowest BCUT2D eigenvalue weighted by molar-refractivity contribution is 0.0955. The van der Waals surface area contributed by atoms with Crippen LogP contribution in [0.5, 0.6) is 0 Å². The first-order valence-electron chi connectivity index (χ1n) is 7.70. The molecule has 0 fully saturated rings. The number of hydrogen-bond donors (Lipinski definition) is 1. The SMILES string of the molecule is CCNC(=O)c1cc2ccccc2c2c1Cc1ccccc1-2. The molecule has 0 aromatic heterocycles. The highest BCUT2D eigenvalue weighted by Crippen LogP contribution is 2.43. The normalized spacial score (nSPS) is 12.0. The summed E-state index contributed by atoms with van der Waals surface area (Å²) in [5, 5.41) is 5.30. The van der Waals surface area contributed by atoms with E-state index in [4.69, 9.17) is 0 Å². The van der Waals surface area contributed by atoms with E-state index in [9.17, 15) is 4.79 Å². The molecular weight excluding hydrogens is 270 g/mol. The highest BCUT2D eigenvalue weighted by atomic mass is 16.1. The molecule has 3 aromatic carbocycles. The van der Waals surface area contributed by atoms with Gasteiger partial charge in [0.1, 0.15) is 0 Å². The highest BCUT2D eigenvalue weighted by Gasteiger charge is 2.25. The van der Waals surface area contributed by atoms with E-state index in [1.54, 1.807) is 0 Å². The average molecular weight is 287 g/mol. The number of fused-ring (bicyclic) bond motifs is 5. The molecule has 0 aliphatic heterocycles. The van der Waals surface area contributed by atoms with Crippen molar-refractivity contribution in [3.05, 3.63) is 71.3 Å². The monoisotopic (exact) mass is 287 g/mol. The van der Waals surface area contributed by atoms with E-state index in [0.717, 1.165) is 22.9 Å². The van der Waals surface area contributed by atoms with Gasteiger partial charge in [0.15, 0.2) is 0 Å². The van der Waals surface area contributed by atoms with Gasteiger partial charge in [-0.15, -0.1) is 0 Å². The summed E-state index contributed by atoms with van der Waals surface area (Å²) < 4.78 is 0.